The quantitative estimate of drug-likeness (QED) is 0.691. The standard InChI is InChI=1S/C13H15N3S/c1-16-11-8-4-5-9-12(11)17-13(16)15-14-10-6-2-3-7-10/h4-5,8-9H,2-3,6-7H2,1H3/b15-13-. The van der Waals surface area contributed by atoms with Gasteiger partial charge in [-0.25, -0.2) is 0 Å². The summed E-state index contributed by atoms with van der Waals surface area (Å²) in [5.74, 6) is 0. The lowest BCUT2D eigenvalue weighted by atomic mass is 10.3. The topological polar surface area (TPSA) is 29.6 Å². The molecule has 1 aliphatic carbocycles. The number of para-hydroxylation sites is 1. The Morgan fingerprint density at radius 1 is 1.12 bits per heavy atom. The normalized spacial score (nSPS) is 17.0. The van der Waals surface area contributed by atoms with Crippen LogP contribution in [0, 0.1) is 0 Å². The fourth-order valence-corrected chi connectivity index (χ4v) is 3.14. The SMILES string of the molecule is Cn1/c(=N/N=C2CCCC2)sc2ccccc21. The van der Waals surface area contributed by atoms with Gasteiger partial charge in [0.15, 0.2) is 0 Å². The molecule has 0 aliphatic heterocycles. The van der Waals surface area contributed by atoms with Crippen molar-refractivity contribution >= 4 is 27.3 Å². The van der Waals surface area contributed by atoms with E-state index < -0.39 is 0 Å². The average molecular weight is 245 g/mol. The number of aromatic nitrogens is 1. The first kappa shape index (κ1) is 10.7. The lowest BCUT2D eigenvalue weighted by Gasteiger charge is -1.93. The van der Waals surface area contributed by atoms with Crippen LogP contribution >= 0.6 is 11.3 Å². The molecule has 3 nitrogen and oxygen atoms in total. The third-order valence-corrected chi connectivity index (χ3v) is 4.28. The van der Waals surface area contributed by atoms with Crippen LogP contribution in [-0.2, 0) is 7.05 Å². The lowest BCUT2D eigenvalue weighted by Crippen LogP contribution is -2.09. The third-order valence-electron chi connectivity index (χ3n) is 3.17. The van der Waals surface area contributed by atoms with Crippen LogP contribution in [0.3, 0.4) is 0 Å². The Balaban J connectivity index is 2.08. The summed E-state index contributed by atoms with van der Waals surface area (Å²) in [5.41, 5.74) is 2.48. The Morgan fingerprint density at radius 3 is 2.65 bits per heavy atom. The monoisotopic (exact) mass is 245 g/mol. The van der Waals surface area contributed by atoms with Gasteiger partial charge in [-0.2, -0.15) is 5.10 Å². The Bertz CT molecular complexity index is 625. The number of aryl methyl sites for hydroxylation is 1. The molecule has 88 valence electrons. The first-order valence-electron chi connectivity index (χ1n) is 5.98. The van der Waals surface area contributed by atoms with Gasteiger partial charge in [-0.3, -0.25) is 0 Å². The number of fused-ring (bicyclic) bond motifs is 1. The lowest BCUT2D eigenvalue weighted by molar-refractivity contribution is 0.886. The minimum absolute atomic E-state index is 0.977. The smallest absolute Gasteiger partial charge is 0.211 e. The van der Waals surface area contributed by atoms with Crippen LogP contribution in [0.2, 0.25) is 0 Å². The maximum Gasteiger partial charge on any atom is 0.211 e. The van der Waals surface area contributed by atoms with Gasteiger partial charge >= 0.3 is 0 Å². The second kappa shape index (κ2) is 4.45. The highest BCUT2D eigenvalue weighted by atomic mass is 32.1. The summed E-state index contributed by atoms with van der Waals surface area (Å²) < 4.78 is 3.37. The van der Waals surface area contributed by atoms with Gasteiger partial charge in [-0.05, 0) is 37.8 Å². The van der Waals surface area contributed by atoms with Gasteiger partial charge < -0.3 is 4.57 Å². The summed E-state index contributed by atoms with van der Waals surface area (Å²) in [6.07, 6.45) is 4.79. The average Bonchev–Trinajstić information content (AvgIpc) is 2.96. The molecule has 2 aromatic rings. The second-order valence-corrected chi connectivity index (χ2v) is 5.39. The molecule has 0 amide bonds. The minimum atomic E-state index is 0.977. The van der Waals surface area contributed by atoms with Crippen LogP contribution in [0.25, 0.3) is 10.2 Å². The largest absolute Gasteiger partial charge is 0.318 e. The van der Waals surface area contributed by atoms with E-state index in [-0.39, 0.29) is 0 Å². The Morgan fingerprint density at radius 2 is 1.88 bits per heavy atom. The molecule has 0 spiro atoms. The van der Waals surface area contributed by atoms with Gasteiger partial charge in [-0.1, -0.05) is 23.5 Å². The number of nitrogens with zero attached hydrogens (tertiary/aromatic N) is 3. The van der Waals surface area contributed by atoms with Crippen LogP contribution < -0.4 is 4.80 Å². The van der Waals surface area contributed by atoms with E-state index in [0.717, 1.165) is 17.6 Å². The molecule has 1 heterocycles. The zero-order valence-electron chi connectivity index (χ0n) is 9.89. The molecule has 1 fully saturated rings. The van der Waals surface area contributed by atoms with Crippen molar-refractivity contribution in [2.45, 2.75) is 25.7 Å². The molecular weight excluding hydrogens is 230 g/mol. The van der Waals surface area contributed by atoms with Crippen molar-refractivity contribution in [3.05, 3.63) is 29.1 Å². The highest BCUT2D eigenvalue weighted by Crippen LogP contribution is 2.16. The fraction of sp³-hybridized carbons (Fsp3) is 0.385. The zero-order chi connectivity index (χ0) is 11.7. The second-order valence-electron chi connectivity index (χ2n) is 4.38. The van der Waals surface area contributed by atoms with Crippen molar-refractivity contribution in [3.63, 3.8) is 0 Å². The number of hydrogen-bond donors (Lipinski definition) is 0. The Kier molecular flexibility index (Phi) is 2.81. The van der Waals surface area contributed by atoms with E-state index in [1.54, 1.807) is 11.3 Å². The van der Waals surface area contributed by atoms with Gasteiger partial charge in [0.1, 0.15) is 0 Å². The zero-order valence-corrected chi connectivity index (χ0v) is 10.7. The van der Waals surface area contributed by atoms with Gasteiger partial charge in [0.05, 0.1) is 10.2 Å². The third kappa shape index (κ3) is 2.05. The predicted molar refractivity (Wildman–Crippen MR) is 72.3 cm³/mol. The first-order chi connectivity index (χ1) is 8.34. The Hall–Kier alpha value is -1.42. The highest BCUT2D eigenvalue weighted by Gasteiger charge is 2.07. The van der Waals surface area contributed by atoms with Gasteiger partial charge in [0, 0.05) is 12.8 Å². The van der Waals surface area contributed by atoms with Gasteiger partial charge in [0.2, 0.25) is 4.80 Å². The number of thiazole rings is 1. The molecule has 0 unspecified atom stereocenters. The molecule has 0 bridgehead atoms. The van der Waals surface area contributed by atoms with E-state index in [2.05, 4.69) is 39.0 Å². The predicted octanol–water partition coefficient (Wildman–Crippen LogP) is 3.07. The van der Waals surface area contributed by atoms with Crippen molar-refractivity contribution in [2.75, 3.05) is 0 Å². The van der Waals surface area contributed by atoms with E-state index >= 15 is 0 Å². The highest BCUT2D eigenvalue weighted by molar-refractivity contribution is 7.16. The van der Waals surface area contributed by atoms with Crippen LogP contribution in [0.15, 0.2) is 34.5 Å². The van der Waals surface area contributed by atoms with Crippen LogP contribution in [0.5, 0.6) is 0 Å². The minimum Gasteiger partial charge on any atom is -0.318 e. The number of hydrogen-bond acceptors (Lipinski definition) is 3. The maximum atomic E-state index is 4.39. The van der Waals surface area contributed by atoms with Gasteiger partial charge in [-0.15, -0.1) is 5.10 Å². The van der Waals surface area contributed by atoms with E-state index in [1.165, 1.54) is 28.8 Å². The van der Waals surface area contributed by atoms with Crippen molar-refractivity contribution < 1.29 is 0 Å². The molecule has 3 rings (SSSR count). The van der Waals surface area contributed by atoms with Crippen molar-refractivity contribution in [3.8, 4) is 0 Å². The maximum absolute atomic E-state index is 4.39. The molecular formula is C13H15N3S. The van der Waals surface area contributed by atoms with E-state index in [9.17, 15) is 0 Å². The summed E-state index contributed by atoms with van der Waals surface area (Å²) in [4.78, 5) is 0.977. The summed E-state index contributed by atoms with van der Waals surface area (Å²) in [6, 6.07) is 8.36. The summed E-state index contributed by atoms with van der Waals surface area (Å²) in [6.45, 7) is 0. The summed E-state index contributed by atoms with van der Waals surface area (Å²) >= 11 is 1.70. The van der Waals surface area contributed by atoms with Crippen LogP contribution in [-0.4, -0.2) is 10.3 Å². The molecule has 17 heavy (non-hydrogen) atoms. The van der Waals surface area contributed by atoms with E-state index in [0.29, 0.717) is 0 Å². The number of benzene rings is 1. The summed E-state index contributed by atoms with van der Waals surface area (Å²) in [5, 5.41) is 8.78. The van der Waals surface area contributed by atoms with Gasteiger partial charge in [0.25, 0.3) is 0 Å². The molecule has 1 aromatic heterocycles. The first-order valence-corrected chi connectivity index (χ1v) is 6.80. The molecule has 0 N–H and O–H groups in total. The van der Waals surface area contributed by atoms with Crippen molar-refractivity contribution in [2.24, 2.45) is 17.3 Å². The molecule has 0 atom stereocenters. The van der Waals surface area contributed by atoms with E-state index in [4.69, 9.17) is 0 Å². The molecule has 1 saturated carbocycles. The van der Waals surface area contributed by atoms with Crippen LogP contribution in [0.1, 0.15) is 25.7 Å². The fourth-order valence-electron chi connectivity index (χ4n) is 2.17. The molecule has 0 saturated heterocycles. The molecule has 4 heteroatoms. The molecule has 1 aliphatic rings. The van der Waals surface area contributed by atoms with Crippen molar-refractivity contribution in [1.82, 2.24) is 4.57 Å². The molecule has 1 aromatic carbocycles. The van der Waals surface area contributed by atoms with Crippen molar-refractivity contribution in [1.29, 1.82) is 0 Å². The Labute approximate surface area is 104 Å². The van der Waals surface area contributed by atoms with Crippen LogP contribution in [0.4, 0.5) is 0 Å². The number of rotatable bonds is 1. The summed E-state index contributed by atoms with van der Waals surface area (Å²) in [7, 11) is 2.05. The van der Waals surface area contributed by atoms with E-state index in [1.807, 2.05) is 7.05 Å². The molecule has 0 radical (unpaired) electrons.